The number of halogens is 1. The number of amides is 3. The molecule has 0 radical (unpaired) electrons. The van der Waals surface area contributed by atoms with Crippen LogP contribution in [0.15, 0.2) is 18.2 Å². The highest BCUT2D eigenvalue weighted by Gasteiger charge is 2.54. The maximum Gasteiger partial charge on any atom is 0.248 e. The van der Waals surface area contributed by atoms with Crippen molar-refractivity contribution in [1.82, 2.24) is 4.90 Å². The largest absolute Gasteiger partial charge is 0.366 e. The molecule has 2 N–H and O–H groups in total. The second-order valence-electron chi connectivity index (χ2n) is 11.5. The van der Waals surface area contributed by atoms with Crippen LogP contribution in [-0.4, -0.2) is 65.1 Å². The van der Waals surface area contributed by atoms with Gasteiger partial charge < -0.3 is 15.4 Å². The fourth-order valence-corrected chi connectivity index (χ4v) is 6.78. The Balaban J connectivity index is 1.57. The Kier molecular flexibility index (Phi) is 6.62. The number of hydrogen-bond donors (Lipinski definition) is 1. The molecule has 5 rings (SSSR count). The van der Waals surface area contributed by atoms with E-state index in [1.807, 2.05) is 0 Å². The first kappa shape index (κ1) is 25.2. The van der Waals surface area contributed by atoms with Gasteiger partial charge in [-0.2, -0.15) is 0 Å². The fourth-order valence-electron chi connectivity index (χ4n) is 6.42. The van der Waals surface area contributed by atoms with E-state index < -0.39 is 29.5 Å². The van der Waals surface area contributed by atoms with Crippen LogP contribution in [0.2, 0.25) is 0 Å². The summed E-state index contributed by atoms with van der Waals surface area (Å²) in [4.78, 5) is 55.8. The number of rotatable bonds is 4. The molecule has 9 heteroatoms. The van der Waals surface area contributed by atoms with E-state index in [-0.39, 0.29) is 42.1 Å². The number of likely N-dealkylation sites (tertiary alicyclic amines) is 1. The summed E-state index contributed by atoms with van der Waals surface area (Å²) in [6.45, 7) is 4.63. The van der Waals surface area contributed by atoms with Crippen LogP contribution in [0.25, 0.3) is 0 Å². The van der Waals surface area contributed by atoms with Crippen molar-refractivity contribution in [2.24, 2.45) is 17.1 Å². The van der Waals surface area contributed by atoms with Crippen molar-refractivity contribution in [1.29, 1.82) is 0 Å². The number of carbonyl (C=O) groups excluding carboxylic acids is 4. The molecule has 2 saturated heterocycles. The molecule has 0 unspecified atom stereocenters. The third-order valence-corrected chi connectivity index (χ3v) is 8.88. The number of benzene rings is 1. The lowest BCUT2D eigenvalue weighted by molar-refractivity contribution is -0.140. The van der Waals surface area contributed by atoms with Crippen molar-refractivity contribution >= 4 is 40.8 Å². The van der Waals surface area contributed by atoms with Gasteiger partial charge in [-0.1, -0.05) is 13.8 Å². The molecule has 0 aromatic heterocycles. The van der Waals surface area contributed by atoms with Crippen LogP contribution in [0.3, 0.4) is 0 Å². The van der Waals surface area contributed by atoms with Gasteiger partial charge in [0, 0.05) is 24.2 Å². The lowest BCUT2D eigenvalue weighted by Gasteiger charge is -2.43. The molecule has 4 aliphatic rings. The van der Waals surface area contributed by atoms with Crippen molar-refractivity contribution in [3.8, 4) is 0 Å². The Hall–Kier alpha value is -2.45. The summed E-state index contributed by atoms with van der Waals surface area (Å²) in [6, 6.07) is 3.64. The highest BCUT2D eigenvalue weighted by molar-refractivity contribution is 6.22. The van der Waals surface area contributed by atoms with Crippen molar-refractivity contribution < 1.29 is 23.9 Å². The number of ketones is 1. The van der Waals surface area contributed by atoms with Gasteiger partial charge in [0.2, 0.25) is 17.7 Å². The van der Waals surface area contributed by atoms with Gasteiger partial charge in [0.05, 0.1) is 5.38 Å². The van der Waals surface area contributed by atoms with Gasteiger partial charge >= 0.3 is 0 Å². The minimum Gasteiger partial charge on any atom is -0.366 e. The van der Waals surface area contributed by atoms with Crippen LogP contribution in [-0.2, 0) is 25.5 Å². The Morgan fingerprint density at radius 2 is 1.89 bits per heavy atom. The van der Waals surface area contributed by atoms with Gasteiger partial charge in [0.15, 0.2) is 5.78 Å². The van der Waals surface area contributed by atoms with E-state index >= 15 is 0 Å². The minimum atomic E-state index is -0.749. The van der Waals surface area contributed by atoms with Gasteiger partial charge in [-0.05, 0) is 73.6 Å². The van der Waals surface area contributed by atoms with Crippen LogP contribution in [0, 0.1) is 11.3 Å². The molecule has 36 heavy (non-hydrogen) atoms. The lowest BCUT2D eigenvalue weighted by Crippen LogP contribution is -2.57. The van der Waals surface area contributed by atoms with E-state index in [0.29, 0.717) is 30.5 Å². The molecule has 1 aliphatic carbocycles. The number of anilines is 1. The molecule has 0 bridgehead atoms. The number of hydrogen-bond acceptors (Lipinski definition) is 5. The monoisotopic (exact) mass is 515 g/mol. The third kappa shape index (κ3) is 4.43. The smallest absolute Gasteiger partial charge is 0.248 e. The molecule has 1 aromatic rings. The first-order valence-corrected chi connectivity index (χ1v) is 13.3. The Labute approximate surface area is 216 Å². The number of carbonyl (C=O) groups is 4. The van der Waals surface area contributed by atoms with Gasteiger partial charge in [-0.15, -0.1) is 11.6 Å². The molecule has 3 heterocycles. The molecule has 3 amide bonds. The molecule has 194 valence electrons. The zero-order valence-corrected chi connectivity index (χ0v) is 21.6. The summed E-state index contributed by atoms with van der Waals surface area (Å²) in [6.07, 6.45) is 4.52. The maximum atomic E-state index is 14.4. The molecule has 8 nitrogen and oxygen atoms in total. The molecule has 3 fully saturated rings. The average Bonchev–Trinajstić information content (AvgIpc) is 3.32. The number of primary amides is 1. The van der Waals surface area contributed by atoms with Gasteiger partial charge in [-0.3, -0.25) is 24.1 Å². The summed E-state index contributed by atoms with van der Waals surface area (Å²) >= 11 is 6.52. The normalized spacial score (nSPS) is 29.0. The quantitative estimate of drug-likeness (QED) is 0.620. The summed E-state index contributed by atoms with van der Waals surface area (Å²) in [5, 5.41) is -0.471. The number of nitrogens with zero attached hydrogens (tertiary/aromatic N) is 2. The first-order chi connectivity index (χ1) is 17.1. The van der Waals surface area contributed by atoms with Gasteiger partial charge in [0.25, 0.3) is 0 Å². The van der Waals surface area contributed by atoms with E-state index in [2.05, 4.69) is 13.8 Å². The standard InChI is InChI=1S/C27H34ClN3O5/c1-27(2)10-8-15(9-11-27)22(26(35)30-13-18(28)24-23(30)20(32)14-36-24)31-19-7-6-17(25(29)34)12-16(19)4-3-5-21(31)33/h6-7,12,15,18,22-24H,3-5,8-11,13-14H2,1-2H3,(H2,29,34)/t18-,22-,23+,24+/m0/s1. The maximum absolute atomic E-state index is 14.4. The lowest BCUT2D eigenvalue weighted by atomic mass is 9.70. The predicted molar refractivity (Wildman–Crippen MR) is 135 cm³/mol. The first-order valence-electron chi connectivity index (χ1n) is 12.9. The molecule has 1 aromatic carbocycles. The van der Waals surface area contributed by atoms with Crippen molar-refractivity contribution in [3.05, 3.63) is 29.3 Å². The predicted octanol–water partition coefficient (Wildman–Crippen LogP) is 2.83. The average molecular weight is 516 g/mol. The topological polar surface area (TPSA) is 110 Å². The SMILES string of the molecule is CC1(C)CCC([C@@H](C(=O)N2C[C@H](Cl)[C@H]3OCC(=O)[C@H]32)N2C(=O)CCCc3cc(C(N)=O)ccc32)CC1. The van der Waals surface area contributed by atoms with Gasteiger partial charge in [0.1, 0.15) is 24.8 Å². The summed E-state index contributed by atoms with van der Waals surface area (Å²) < 4.78 is 5.61. The van der Waals surface area contributed by atoms with Crippen LogP contribution in [0.5, 0.6) is 0 Å². The van der Waals surface area contributed by atoms with E-state index in [9.17, 15) is 19.2 Å². The Morgan fingerprint density at radius 3 is 2.58 bits per heavy atom. The number of Topliss-reactive ketones (excluding diaryl/α,β-unsaturated/α-hetero) is 1. The minimum absolute atomic E-state index is 0.0496. The number of aryl methyl sites for hydroxylation is 1. The van der Waals surface area contributed by atoms with Crippen molar-refractivity contribution in [2.45, 2.75) is 82.4 Å². The summed E-state index contributed by atoms with van der Waals surface area (Å²) in [5.41, 5.74) is 7.56. The highest BCUT2D eigenvalue weighted by Crippen LogP contribution is 2.43. The van der Waals surface area contributed by atoms with E-state index in [1.165, 1.54) is 0 Å². The number of ether oxygens (including phenoxy) is 1. The molecule has 3 aliphatic heterocycles. The van der Waals surface area contributed by atoms with E-state index in [4.69, 9.17) is 22.1 Å². The van der Waals surface area contributed by atoms with E-state index in [0.717, 1.165) is 31.2 Å². The number of fused-ring (bicyclic) bond motifs is 2. The summed E-state index contributed by atoms with van der Waals surface area (Å²) in [5.74, 6) is -1.08. The van der Waals surface area contributed by atoms with Crippen molar-refractivity contribution in [2.75, 3.05) is 18.1 Å². The second kappa shape index (κ2) is 9.45. The van der Waals surface area contributed by atoms with E-state index in [1.54, 1.807) is 28.0 Å². The number of alkyl halides is 1. The summed E-state index contributed by atoms with van der Waals surface area (Å²) in [7, 11) is 0. The Morgan fingerprint density at radius 1 is 1.17 bits per heavy atom. The molecular weight excluding hydrogens is 482 g/mol. The zero-order valence-electron chi connectivity index (χ0n) is 20.9. The third-order valence-electron chi connectivity index (χ3n) is 8.50. The molecule has 1 saturated carbocycles. The van der Waals surface area contributed by atoms with Crippen molar-refractivity contribution in [3.63, 3.8) is 0 Å². The molecule has 0 spiro atoms. The molecular formula is C27H34ClN3O5. The van der Waals surface area contributed by atoms with Crippen LogP contribution >= 0.6 is 11.6 Å². The second-order valence-corrected chi connectivity index (χ2v) is 12.0. The fraction of sp³-hybridized carbons (Fsp3) is 0.630. The van der Waals surface area contributed by atoms with Crippen LogP contribution in [0.4, 0.5) is 5.69 Å². The van der Waals surface area contributed by atoms with Crippen LogP contribution < -0.4 is 10.6 Å². The van der Waals surface area contributed by atoms with Crippen LogP contribution in [0.1, 0.15) is 68.3 Å². The zero-order chi connectivity index (χ0) is 25.8. The van der Waals surface area contributed by atoms with Gasteiger partial charge in [-0.25, -0.2) is 0 Å². The number of nitrogens with two attached hydrogens (primary N) is 1. The Bertz CT molecular complexity index is 1090. The highest BCUT2D eigenvalue weighted by atomic mass is 35.5. The molecule has 4 atom stereocenters.